The lowest BCUT2D eigenvalue weighted by molar-refractivity contribution is 0.157. The van der Waals surface area contributed by atoms with Gasteiger partial charge in [-0.2, -0.15) is 0 Å². The fourth-order valence-electron chi connectivity index (χ4n) is 1.70. The maximum absolute atomic E-state index is 11.2. The van der Waals surface area contributed by atoms with Crippen LogP contribution in [0.5, 0.6) is 0 Å². The van der Waals surface area contributed by atoms with Crippen LogP contribution in [0.3, 0.4) is 0 Å². The summed E-state index contributed by atoms with van der Waals surface area (Å²) >= 11 is 2.70. The van der Waals surface area contributed by atoms with Crippen LogP contribution in [0.25, 0.3) is 0 Å². The molecule has 0 bridgehead atoms. The minimum Gasteiger partial charge on any atom is -0.367 e. The fourth-order valence-corrected chi connectivity index (χ4v) is 1.91. The molecule has 3 nitrogen and oxygen atoms in total. The Morgan fingerprint density at radius 1 is 1.36 bits per heavy atom. The lowest BCUT2D eigenvalue weighted by Gasteiger charge is -2.26. The highest BCUT2D eigenvalue weighted by atomic mass is 79.9. The molecule has 1 amide bonds. The molecule has 4 heteroatoms. The van der Waals surface area contributed by atoms with E-state index in [4.69, 9.17) is 0 Å². The van der Waals surface area contributed by atoms with Gasteiger partial charge in [-0.05, 0) is 17.5 Å². The van der Waals surface area contributed by atoms with Crippen molar-refractivity contribution in [3.05, 3.63) is 35.4 Å². The minimum atomic E-state index is -0.320. The van der Waals surface area contributed by atoms with Gasteiger partial charge in [-0.15, -0.1) is 0 Å². The van der Waals surface area contributed by atoms with E-state index in [1.165, 1.54) is 11.1 Å². The van der Waals surface area contributed by atoms with Crippen LogP contribution in [0.15, 0.2) is 24.3 Å². The van der Waals surface area contributed by atoms with Crippen LogP contribution in [-0.4, -0.2) is 17.5 Å². The monoisotopic (exact) mass is 255 g/mol. The number of fused-ring (bicyclic) bond motifs is 1. The van der Waals surface area contributed by atoms with Crippen LogP contribution in [0.4, 0.5) is 4.79 Å². The van der Waals surface area contributed by atoms with E-state index >= 15 is 0 Å². The molecular formula is C10H10BrNO2. The van der Waals surface area contributed by atoms with Crippen molar-refractivity contribution in [1.82, 2.24) is 4.90 Å². The van der Waals surface area contributed by atoms with Crippen LogP contribution in [0.2, 0.25) is 0 Å². The first-order chi connectivity index (χ1) is 6.81. The van der Waals surface area contributed by atoms with E-state index in [0.717, 1.165) is 13.0 Å². The largest absolute Gasteiger partial charge is 0.421 e. The summed E-state index contributed by atoms with van der Waals surface area (Å²) in [6.45, 7) is 1.36. The molecule has 0 aliphatic carbocycles. The summed E-state index contributed by atoms with van der Waals surface area (Å²) in [5, 5.41) is 0. The highest BCUT2D eigenvalue weighted by Gasteiger charge is 2.20. The molecule has 2 rings (SSSR count). The number of nitrogens with zero attached hydrogens (tertiary/aromatic N) is 1. The third-order valence-corrected chi connectivity index (χ3v) is 2.73. The van der Waals surface area contributed by atoms with E-state index in [1.807, 2.05) is 18.2 Å². The Balaban J connectivity index is 2.17. The molecule has 0 atom stereocenters. The molecule has 0 spiro atoms. The molecule has 0 saturated carbocycles. The van der Waals surface area contributed by atoms with Crippen LogP contribution in [-0.2, 0) is 16.8 Å². The van der Waals surface area contributed by atoms with Crippen LogP contribution in [0, 0.1) is 0 Å². The molecule has 0 saturated heterocycles. The van der Waals surface area contributed by atoms with E-state index in [2.05, 4.69) is 26.2 Å². The summed E-state index contributed by atoms with van der Waals surface area (Å²) < 4.78 is 4.50. The molecule has 0 unspecified atom stereocenters. The van der Waals surface area contributed by atoms with Gasteiger partial charge in [-0.3, -0.25) is 0 Å². The number of benzene rings is 1. The number of rotatable bonds is 0. The average molecular weight is 256 g/mol. The second kappa shape index (κ2) is 4.00. The van der Waals surface area contributed by atoms with Crippen LogP contribution >= 0.6 is 16.3 Å². The highest BCUT2D eigenvalue weighted by Crippen LogP contribution is 2.19. The Bertz CT molecular complexity index is 354. The molecule has 1 heterocycles. The molecule has 1 aliphatic heterocycles. The fraction of sp³-hybridized carbons (Fsp3) is 0.300. The van der Waals surface area contributed by atoms with Gasteiger partial charge >= 0.3 is 6.09 Å². The summed E-state index contributed by atoms with van der Waals surface area (Å²) in [6.07, 6.45) is 0.581. The summed E-state index contributed by atoms with van der Waals surface area (Å²) in [5.74, 6) is 0. The second-order valence-corrected chi connectivity index (χ2v) is 3.61. The number of carbonyl (C=O) groups is 1. The van der Waals surface area contributed by atoms with Gasteiger partial charge in [0.05, 0.1) is 0 Å². The highest BCUT2D eigenvalue weighted by molar-refractivity contribution is 9.06. The van der Waals surface area contributed by atoms with Gasteiger partial charge in [0.15, 0.2) is 16.3 Å². The van der Waals surface area contributed by atoms with Crippen molar-refractivity contribution < 1.29 is 8.62 Å². The van der Waals surface area contributed by atoms with Crippen molar-refractivity contribution in [3.63, 3.8) is 0 Å². The van der Waals surface area contributed by atoms with Crippen molar-refractivity contribution >= 4 is 22.4 Å². The van der Waals surface area contributed by atoms with Gasteiger partial charge in [-0.25, -0.2) is 4.79 Å². The van der Waals surface area contributed by atoms with E-state index in [1.54, 1.807) is 4.90 Å². The molecule has 0 fully saturated rings. The van der Waals surface area contributed by atoms with E-state index in [0.29, 0.717) is 6.54 Å². The summed E-state index contributed by atoms with van der Waals surface area (Å²) in [6, 6.07) is 8.16. The topological polar surface area (TPSA) is 29.5 Å². The molecular weight excluding hydrogens is 246 g/mol. The normalized spacial score (nSPS) is 14.8. The first kappa shape index (κ1) is 9.52. The number of carbonyl (C=O) groups excluding carboxylic acids is 1. The SMILES string of the molecule is O=C(OBr)N1CCc2ccccc2C1. The number of amides is 1. The van der Waals surface area contributed by atoms with E-state index in [-0.39, 0.29) is 6.09 Å². The molecule has 1 aromatic rings. The Labute approximate surface area is 91.1 Å². The van der Waals surface area contributed by atoms with Crippen LogP contribution < -0.4 is 0 Å². The van der Waals surface area contributed by atoms with Gasteiger partial charge < -0.3 is 8.73 Å². The maximum atomic E-state index is 11.2. The molecule has 0 radical (unpaired) electrons. The molecule has 14 heavy (non-hydrogen) atoms. The van der Waals surface area contributed by atoms with Crippen molar-refractivity contribution in [2.75, 3.05) is 6.54 Å². The predicted molar refractivity (Wildman–Crippen MR) is 56.0 cm³/mol. The maximum Gasteiger partial charge on any atom is 0.421 e. The van der Waals surface area contributed by atoms with Crippen molar-refractivity contribution in [3.8, 4) is 0 Å². The number of hydrogen-bond donors (Lipinski definition) is 0. The Hall–Kier alpha value is -1.03. The van der Waals surface area contributed by atoms with Crippen LogP contribution in [0.1, 0.15) is 11.1 Å². The lowest BCUT2D eigenvalue weighted by Crippen LogP contribution is -2.34. The third-order valence-electron chi connectivity index (χ3n) is 2.45. The summed E-state index contributed by atoms with van der Waals surface area (Å²) in [4.78, 5) is 12.9. The first-order valence-corrected chi connectivity index (χ1v) is 5.10. The zero-order chi connectivity index (χ0) is 9.97. The predicted octanol–water partition coefficient (Wildman–Crippen LogP) is 2.49. The Morgan fingerprint density at radius 2 is 2.07 bits per heavy atom. The van der Waals surface area contributed by atoms with Crippen molar-refractivity contribution in [2.45, 2.75) is 13.0 Å². The third kappa shape index (κ3) is 1.75. The summed E-state index contributed by atoms with van der Waals surface area (Å²) in [5.41, 5.74) is 2.53. The van der Waals surface area contributed by atoms with Gasteiger partial charge in [0.1, 0.15) is 0 Å². The number of hydrogen-bond acceptors (Lipinski definition) is 2. The zero-order valence-electron chi connectivity index (χ0n) is 7.57. The smallest absolute Gasteiger partial charge is 0.367 e. The molecule has 1 aromatic carbocycles. The average Bonchev–Trinajstić information content (AvgIpc) is 2.27. The van der Waals surface area contributed by atoms with Crippen molar-refractivity contribution in [1.29, 1.82) is 0 Å². The quantitative estimate of drug-likeness (QED) is 0.713. The van der Waals surface area contributed by atoms with E-state index in [9.17, 15) is 4.79 Å². The van der Waals surface area contributed by atoms with E-state index < -0.39 is 0 Å². The van der Waals surface area contributed by atoms with Gasteiger partial charge in [0, 0.05) is 13.1 Å². The Morgan fingerprint density at radius 3 is 2.79 bits per heavy atom. The van der Waals surface area contributed by atoms with Gasteiger partial charge in [0.25, 0.3) is 0 Å². The van der Waals surface area contributed by atoms with Gasteiger partial charge in [-0.1, -0.05) is 24.3 Å². The molecule has 0 aromatic heterocycles. The van der Waals surface area contributed by atoms with Crippen molar-refractivity contribution in [2.24, 2.45) is 0 Å². The number of halogens is 1. The molecule has 1 aliphatic rings. The standard InChI is InChI=1S/C10H10BrNO2/c11-14-10(13)12-6-5-8-3-1-2-4-9(8)7-12/h1-4H,5-7H2. The minimum absolute atomic E-state index is 0.320. The summed E-state index contributed by atoms with van der Waals surface area (Å²) in [7, 11) is 0. The second-order valence-electron chi connectivity index (χ2n) is 3.28. The molecule has 0 N–H and O–H groups in total. The first-order valence-electron chi connectivity index (χ1n) is 4.45. The molecule has 74 valence electrons. The zero-order valence-corrected chi connectivity index (χ0v) is 9.16. The Kier molecular flexibility index (Phi) is 2.72. The van der Waals surface area contributed by atoms with Gasteiger partial charge in [0.2, 0.25) is 0 Å². The lowest BCUT2D eigenvalue weighted by atomic mass is 10.0.